The summed E-state index contributed by atoms with van der Waals surface area (Å²) in [6, 6.07) is 7.88. The first-order valence-electron chi connectivity index (χ1n) is 11.3. The summed E-state index contributed by atoms with van der Waals surface area (Å²) in [5.41, 5.74) is 5.35. The van der Waals surface area contributed by atoms with Gasteiger partial charge in [-0.2, -0.15) is 5.26 Å². The molecule has 1 saturated heterocycles. The second-order valence-corrected chi connectivity index (χ2v) is 12.6. The topological polar surface area (TPSA) is 191 Å². The van der Waals surface area contributed by atoms with E-state index in [1.165, 1.54) is 35.6 Å². The van der Waals surface area contributed by atoms with E-state index in [4.69, 9.17) is 10.6 Å². The Bertz CT molecular complexity index is 1730. The first-order valence-corrected chi connectivity index (χ1v) is 15.1. The standard InChI is InChI=1S/C24H18N6O6S4.Na/c1-36-29-15(13-9-39-24(26)27-13)19(32)28-16-20(33)30-17(22(34)35)10(7-37-21(16)30)8-38-23-12(6-25)18(31)11-4-2-3-5-14(11)40-23;/h2-5,9,16,21H,7-8H2,1H3,(H2,26,27)(H,28,32)(H,34,35);/q;+1/p-1/b29-15-;/t16-,21+;/m1./s1. The van der Waals surface area contributed by atoms with Gasteiger partial charge in [0.15, 0.2) is 10.8 Å². The van der Waals surface area contributed by atoms with E-state index in [-0.39, 0.29) is 74.3 Å². The van der Waals surface area contributed by atoms with Crippen LogP contribution in [0.15, 0.2) is 55.1 Å². The Hall–Kier alpha value is -2.91. The van der Waals surface area contributed by atoms with E-state index >= 15 is 0 Å². The van der Waals surface area contributed by atoms with Crippen LogP contribution in [-0.4, -0.2) is 63.4 Å². The number of oxime groups is 1. The summed E-state index contributed by atoms with van der Waals surface area (Å²) in [6.45, 7) is 0. The molecule has 204 valence electrons. The van der Waals surface area contributed by atoms with Crippen LogP contribution in [0.5, 0.6) is 0 Å². The molecule has 41 heavy (non-hydrogen) atoms. The smallest absolute Gasteiger partial charge is 0.543 e. The molecule has 3 N–H and O–H groups in total. The average Bonchev–Trinajstić information content (AvgIpc) is 3.38. The first-order chi connectivity index (χ1) is 19.2. The molecule has 0 aliphatic carbocycles. The molecule has 2 aliphatic heterocycles. The van der Waals surface area contributed by atoms with Crippen LogP contribution in [0, 0.1) is 11.3 Å². The number of fused-ring (bicyclic) bond motifs is 2. The first kappa shape index (κ1) is 31.0. The quantitative estimate of drug-likeness (QED) is 0.0891. The maximum atomic E-state index is 13.1. The number of nitrogens with zero attached hydrogens (tertiary/aromatic N) is 4. The maximum Gasteiger partial charge on any atom is 1.00 e. The number of nitriles is 1. The number of benzene rings is 1. The summed E-state index contributed by atoms with van der Waals surface area (Å²) < 4.78 is 1.16. The molecule has 2 amide bonds. The molecule has 5 rings (SSSR count). The van der Waals surface area contributed by atoms with Crippen molar-refractivity contribution in [3.8, 4) is 6.07 Å². The van der Waals surface area contributed by atoms with Crippen LogP contribution in [-0.2, 0) is 19.2 Å². The molecule has 2 aromatic heterocycles. The fraction of sp³-hybridized carbons (Fsp3) is 0.208. The molecule has 1 aromatic carbocycles. The third kappa shape index (κ3) is 5.89. The van der Waals surface area contributed by atoms with Crippen LogP contribution in [0.4, 0.5) is 5.13 Å². The van der Waals surface area contributed by atoms with Gasteiger partial charge in [-0.1, -0.05) is 17.3 Å². The third-order valence-electron chi connectivity index (χ3n) is 5.94. The number of aliphatic carboxylic acids is 1. The molecule has 17 heteroatoms. The Morgan fingerprint density at radius 1 is 1.37 bits per heavy atom. The maximum absolute atomic E-state index is 13.1. The molecule has 1 fully saturated rings. The number of carbonyl (C=O) groups is 3. The van der Waals surface area contributed by atoms with Gasteiger partial charge in [0.05, 0.1) is 15.9 Å². The van der Waals surface area contributed by atoms with Crippen molar-refractivity contribution >= 4 is 84.9 Å². The number of hydrogen-bond donors (Lipinski definition) is 2. The number of aromatic nitrogens is 1. The summed E-state index contributed by atoms with van der Waals surface area (Å²) in [4.78, 5) is 60.8. The van der Waals surface area contributed by atoms with Crippen LogP contribution < -0.4 is 51.1 Å². The zero-order chi connectivity index (χ0) is 28.6. The predicted molar refractivity (Wildman–Crippen MR) is 151 cm³/mol. The van der Waals surface area contributed by atoms with E-state index in [1.54, 1.807) is 24.3 Å². The van der Waals surface area contributed by atoms with E-state index in [2.05, 4.69) is 15.5 Å². The van der Waals surface area contributed by atoms with Crippen molar-refractivity contribution in [3.63, 3.8) is 0 Å². The van der Waals surface area contributed by atoms with E-state index in [0.29, 0.717) is 19.9 Å². The Morgan fingerprint density at radius 2 is 2.12 bits per heavy atom. The van der Waals surface area contributed by atoms with E-state index < -0.39 is 29.2 Å². The van der Waals surface area contributed by atoms with Gasteiger partial charge in [0.2, 0.25) is 5.43 Å². The van der Waals surface area contributed by atoms with Crippen LogP contribution in [0.1, 0.15) is 11.3 Å². The van der Waals surface area contributed by atoms with Gasteiger partial charge in [-0.05, 0) is 17.7 Å². The third-order valence-corrected chi connectivity index (χ3v) is 10.5. The SMILES string of the molecule is CO/N=C(\C(=O)N[C@@H]1C(=O)N2C(C(=O)[O-])=C(CSc3sc4ccccc4c(=O)c3C#N)CS[C@@H]12)c1csc(N)n1.[Na+]. The number of amides is 2. The minimum Gasteiger partial charge on any atom is -0.543 e. The number of thioether (sulfide) groups is 2. The molecule has 0 radical (unpaired) electrons. The molecule has 12 nitrogen and oxygen atoms in total. The number of hydrogen-bond acceptors (Lipinski definition) is 14. The summed E-state index contributed by atoms with van der Waals surface area (Å²) in [5.74, 6) is -2.56. The van der Waals surface area contributed by atoms with Crippen molar-refractivity contribution in [1.82, 2.24) is 15.2 Å². The monoisotopic (exact) mass is 636 g/mol. The van der Waals surface area contributed by atoms with Crippen LogP contribution in [0.25, 0.3) is 10.1 Å². The van der Waals surface area contributed by atoms with Gasteiger partial charge in [0.25, 0.3) is 11.8 Å². The zero-order valence-electron chi connectivity index (χ0n) is 21.4. The van der Waals surface area contributed by atoms with E-state index in [1.807, 2.05) is 6.07 Å². The van der Waals surface area contributed by atoms with E-state index in [0.717, 1.165) is 28.0 Å². The number of β-lactam (4-membered cyclic amide) rings is 1. The number of carboxylic acid groups (broad SMARTS) is 1. The normalized spacial score (nSPS) is 18.2. The minimum absolute atomic E-state index is 0. The van der Waals surface area contributed by atoms with E-state index in [9.17, 15) is 29.5 Å². The predicted octanol–water partition coefficient (Wildman–Crippen LogP) is -2.28. The molecule has 2 aliphatic rings. The Kier molecular flexibility index (Phi) is 9.80. The molecule has 0 bridgehead atoms. The Morgan fingerprint density at radius 3 is 2.78 bits per heavy atom. The molecule has 2 atom stereocenters. The van der Waals surface area contributed by atoms with Crippen molar-refractivity contribution in [1.29, 1.82) is 5.26 Å². The van der Waals surface area contributed by atoms with Crippen molar-refractivity contribution < 1.29 is 53.9 Å². The summed E-state index contributed by atoms with van der Waals surface area (Å²) in [6.07, 6.45) is 0. The van der Waals surface area contributed by atoms with Gasteiger partial charge in [0.1, 0.15) is 35.9 Å². The molecule has 3 aromatic rings. The number of nitrogens with two attached hydrogens (primary N) is 1. The fourth-order valence-corrected chi connectivity index (χ4v) is 8.55. The second-order valence-electron chi connectivity index (χ2n) is 8.28. The summed E-state index contributed by atoms with van der Waals surface area (Å²) in [7, 11) is 1.25. The molecule has 4 heterocycles. The average molecular weight is 637 g/mol. The van der Waals surface area contributed by atoms with Crippen molar-refractivity contribution in [2.24, 2.45) is 5.16 Å². The summed E-state index contributed by atoms with van der Waals surface area (Å²) >= 11 is 4.80. The largest absolute Gasteiger partial charge is 1.00 e. The van der Waals surface area contributed by atoms with Gasteiger partial charge >= 0.3 is 29.6 Å². The van der Waals surface area contributed by atoms with Gasteiger partial charge in [-0.3, -0.25) is 19.3 Å². The molecule has 0 spiro atoms. The number of thiazole rings is 1. The Balaban J connectivity index is 0.00000387. The van der Waals surface area contributed by atoms with Crippen molar-refractivity contribution in [2.75, 3.05) is 24.3 Å². The molecular weight excluding hydrogens is 620 g/mol. The van der Waals surface area contributed by atoms with Gasteiger partial charge in [-0.15, -0.1) is 46.2 Å². The van der Waals surface area contributed by atoms with Crippen molar-refractivity contribution in [3.05, 3.63) is 62.4 Å². The number of nitrogens with one attached hydrogen (secondary N) is 1. The van der Waals surface area contributed by atoms with Crippen molar-refractivity contribution in [2.45, 2.75) is 15.6 Å². The second kappa shape index (κ2) is 12.9. The number of anilines is 1. The van der Waals surface area contributed by atoms with Gasteiger partial charge in [0, 0.05) is 27.0 Å². The fourth-order valence-electron chi connectivity index (χ4n) is 4.16. The van der Waals surface area contributed by atoms with Crippen LogP contribution in [0.3, 0.4) is 0 Å². The number of carboxylic acids is 1. The van der Waals surface area contributed by atoms with Gasteiger partial charge in [-0.25, -0.2) is 4.98 Å². The minimum atomic E-state index is -1.54. The number of nitrogen functional groups attached to an aromatic ring is 1. The Labute approximate surface area is 270 Å². The molecular formula is C24H17N6NaO6S4. The van der Waals surface area contributed by atoms with Gasteiger partial charge < -0.3 is 25.8 Å². The zero-order valence-corrected chi connectivity index (χ0v) is 26.7. The molecule has 0 saturated carbocycles. The number of rotatable bonds is 8. The molecule has 0 unspecified atom stereocenters. The van der Waals surface area contributed by atoms with Crippen LogP contribution >= 0.6 is 46.2 Å². The number of carbonyl (C=O) groups excluding carboxylic acids is 3. The summed E-state index contributed by atoms with van der Waals surface area (Å²) in [5, 5.41) is 29.5. The van der Waals surface area contributed by atoms with Crippen LogP contribution in [0.2, 0.25) is 0 Å².